The number of nitrogens with zero attached hydrogens (tertiary/aromatic N) is 3. The van der Waals surface area contributed by atoms with Crippen LogP contribution in [-0.2, 0) is 11.8 Å². The summed E-state index contributed by atoms with van der Waals surface area (Å²) >= 11 is 0. The Kier molecular flexibility index (Phi) is 4.69. The van der Waals surface area contributed by atoms with Crippen molar-refractivity contribution < 1.29 is 9.59 Å². The van der Waals surface area contributed by atoms with Crippen molar-refractivity contribution in [2.75, 3.05) is 18.4 Å². The number of nitrogens with one attached hydrogen (secondary N) is 1. The number of carbonyl (C=O) groups excluding carboxylic acids is 2. The SMILES string of the molecule is Cc1ccc(C(=O)N2CC(c3ccc(-c4ccnn4C)cc3)C2)cc1NC=O. The third-order valence-corrected chi connectivity index (χ3v) is 5.37. The minimum atomic E-state index is -0.00305. The van der Waals surface area contributed by atoms with Gasteiger partial charge in [0.15, 0.2) is 0 Å². The summed E-state index contributed by atoms with van der Waals surface area (Å²) in [5.74, 6) is 0.347. The van der Waals surface area contributed by atoms with Crippen molar-refractivity contribution in [1.29, 1.82) is 0 Å². The van der Waals surface area contributed by atoms with Gasteiger partial charge in [0.2, 0.25) is 6.41 Å². The Morgan fingerprint density at radius 2 is 1.89 bits per heavy atom. The van der Waals surface area contributed by atoms with Gasteiger partial charge in [-0.25, -0.2) is 0 Å². The van der Waals surface area contributed by atoms with Gasteiger partial charge in [0.05, 0.1) is 5.69 Å². The van der Waals surface area contributed by atoms with Crippen LogP contribution in [0.25, 0.3) is 11.3 Å². The summed E-state index contributed by atoms with van der Waals surface area (Å²) in [5.41, 5.74) is 5.64. The van der Waals surface area contributed by atoms with Gasteiger partial charge in [-0.15, -0.1) is 0 Å². The Bertz CT molecular complexity index is 1020. The zero-order valence-electron chi connectivity index (χ0n) is 15.9. The van der Waals surface area contributed by atoms with E-state index in [1.54, 1.807) is 12.3 Å². The molecule has 1 aliphatic heterocycles. The second-order valence-corrected chi connectivity index (χ2v) is 7.16. The molecule has 28 heavy (non-hydrogen) atoms. The topological polar surface area (TPSA) is 67.2 Å². The molecule has 0 unspecified atom stereocenters. The average Bonchev–Trinajstić information content (AvgIpc) is 3.09. The molecule has 4 rings (SSSR count). The molecule has 1 fully saturated rings. The fraction of sp³-hybridized carbons (Fsp3) is 0.227. The number of rotatable bonds is 5. The number of aryl methyl sites for hydroxylation is 2. The highest BCUT2D eigenvalue weighted by molar-refractivity contribution is 5.96. The van der Waals surface area contributed by atoms with E-state index >= 15 is 0 Å². The Balaban J connectivity index is 1.41. The lowest BCUT2D eigenvalue weighted by Crippen LogP contribution is -2.48. The number of hydrogen-bond donors (Lipinski definition) is 1. The molecule has 1 aromatic heterocycles. The molecule has 3 aromatic rings. The Morgan fingerprint density at radius 1 is 1.14 bits per heavy atom. The van der Waals surface area contributed by atoms with Crippen LogP contribution < -0.4 is 5.32 Å². The van der Waals surface area contributed by atoms with E-state index in [-0.39, 0.29) is 5.91 Å². The zero-order valence-corrected chi connectivity index (χ0v) is 15.9. The van der Waals surface area contributed by atoms with E-state index in [4.69, 9.17) is 0 Å². The third kappa shape index (κ3) is 3.29. The van der Waals surface area contributed by atoms with E-state index < -0.39 is 0 Å². The normalized spacial score (nSPS) is 13.9. The summed E-state index contributed by atoms with van der Waals surface area (Å²) in [4.78, 5) is 25.3. The number of anilines is 1. The molecule has 0 atom stereocenters. The molecule has 1 N–H and O–H groups in total. The molecule has 0 aliphatic carbocycles. The molecule has 0 saturated carbocycles. The molecule has 1 aliphatic rings. The van der Waals surface area contributed by atoms with Gasteiger partial charge in [0.1, 0.15) is 0 Å². The van der Waals surface area contributed by atoms with E-state index in [9.17, 15) is 9.59 Å². The lowest BCUT2D eigenvalue weighted by atomic mass is 9.90. The second kappa shape index (κ2) is 7.31. The molecule has 0 radical (unpaired) electrons. The first-order chi connectivity index (χ1) is 13.6. The van der Waals surface area contributed by atoms with Crippen molar-refractivity contribution in [2.24, 2.45) is 7.05 Å². The van der Waals surface area contributed by atoms with Gasteiger partial charge in [0, 0.05) is 43.5 Å². The minimum absolute atomic E-state index is 0.00305. The maximum Gasteiger partial charge on any atom is 0.253 e. The highest BCUT2D eigenvalue weighted by atomic mass is 16.2. The maximum atomic E-state index is 12.7. The number of aromatic nitrogens is 2. The molecule has 0 spiro atoms. The van der Waals surface area contributed by atoms with Crippen LogP contribution >= 0.6 is 0 Å². The molecule has 142 valence electrons. The van der Waals surface area contributed by atoms with Crippen LogP contribution in [-0.4, -0.2) is 40.1 Å². The first-order valence-corrected chi connectivity index (χ1v) is 9.25. The maximum absolute atomic E-state index is 12.7. The number of carbonyl (C=O) groups is 2. The van der Waals surface area contributed by atoms with Gasteiger partial charge in [0.25, 0.3) is 5.91 Å². The quantitative estimate of drug-likeness (QED) is 0.698. The van der Waals surface area contributed by atoms with E-state index in [1.807, 2.05) is 41.8 Å². The van der Waals surface area contributed by atoms with E-state index in [0.29, 0.717) is 36.7 Å². The van der Waals surface area contributed by atoms with Crippen molar-refractivity contribution >= 4 is 18.0 Å². The lowest BCUT2D eigenvalue weighted by Gasteiger charge is -2.39. The monoisotopic (exact) mass is 374 g/mol. The molecule has 2 amide bonds. The van der Waals surface area contributed by atoms with Gasteiger partial charge in [-0.05, 0) is 41.8 Å². The van der Waals surface area contributed by atoms with Gasteiger partial charge >= 0.3 is 0 Å². The fourth-order valence-corrected chi connectivity index (χ4v) is 3.59. The van der Waals surface area contributed by atoms with E-state index in [0.717, 1.165) is 16.8 Å². The predicted molar refractivity (Wildman–Crippen MR) is 108 cm³/mol. The van der Waals surface area contributed by atoms with Crippen molar-refractivity contribution in [3.63, 3.8) is 0 Å². The summed E-state index contributed by atoms with van der Waals surface area (Å²) in [6.07, 6.45) is 2.42. The molecule has 6 heteroatoms. The van der Waals surface area contributed by atoms with Crippen molar-refractivity contribution in [3.05, 3.63) is 71.4 Å². The first kappa shape index (κ1) is 18.0. The van der Waals surface area contributed by atoms with Crippen molar-refractivity contribution in [1.82, 2.24) is 14.7 Å². The molecule has 0 bridgehead atoms. The number of benzene rings is 2. The number of hydrogen-bond acceptors (Lipinski definition) is 3. The summed E-state index contributed by atoms with van der Waals surface area (Å²) in [6.45, 7) is 3.30. The summed E-state index contributed by atoms with van der Waals surface area (Å²) in [6, 6.07) is 15.9. The molecule has 2 heterocycles. The minimum Gasteiger partial charge on any atom is -0.337 e. The van der Waals surface area contributed by atoms with Crippen LogP contribution in [0.4, 0.5) is 5.69 Å². The summed E-state index contributed by atoms with van der Waals surface area (Å²) in [5, 5.41) is 6.85. The molecule has 2 aromatic carbocycles. The van der Waals surface area contributed by atoms with Crippen LogP contribution in [0.1, 0.15) is 27.4 Å². The molecule has 1 saturated heterocycles. The number of amides is 2. The Labute approximate surface area is 163 Å². The summed E-state index contributed by atoms with van der Waals surface area (Å²) < 4.78 is 1.86. The highest BCUT2D eigenvalue weighted by Gasteiger charge is 2.32. The third-order valence-electron chi connectivity index (χ3n) is 5.37. The van der Waals surface area contributed by atoms with Crippen LogP contribution in [0, 0.1) is 6.92 Å². The standard InChI is InChI=1S/C22H22N4O2/c1-15-3-4-18(11-20(15)23-14-27)22(28)26-12-19(13-26)16-5-7-17(8-6-16)21-9-10-24-25(21)2/h3-11,14,19H,12-13H2,1-2H3,(H,23,27). The van der Waals surface area contributed by atoms with Crippen LogP contribution in [0.15, 0.2) is 54.7 Å². The Morgan fingerprint density at radius 3 is 2.54 bits per heavy atom. The molecular formula is C22H22N4O2. The van der Waals surface area contributed by atoms with Crippen molar-refractivity contribution in [3.8, 4) is 11.3 Å². The predicted octanol–water partition coefficient (Wildman–Crippen LogP) is 3.20. The smallest absolute Gasteiger partial charge is 0.253 e. The highest BCUT2D eigenvalue weighted by Crippen LogP contribution is 2.30. The van der Waals surface area contributed by atoms with Gasteiger partial charge in [-0.2, -0.15) is 5.10 Å². The van der Waals surface area contributed by atoms with E-state index in [1.165, 1.54) is 5.56 Å². The van der Waals surface area contributed by atoms with Crippen LogP contribution in [0.3, 0.4) is 0 Å². The lowest BCUT2D eigenvalue weighted by molar-refractivity contribution is -0.105. The average molecular weight is 374 g/mol. The van der Waals surface area contributed by atoms with Gasteiger partial charge < -0.3 is 10.2 Å². The molecule has 6 nitrogen and oxygen atoms in total. The van der Waals surface area contributed by atoms with Crippen LogP contribution in [0.2, 0.25) is 0 Å². The first-order valence-electron chi connectivity index (χ1n) is 9.25. The Hall–Kier alpha value is -3.41. The fourth-order valence-electron chi connectivity index (χ4n) is 3.59. The summed E-state index contributed by atoms with van der Waals surface area (Å²) in [7, 11) is 1.93. The zero-order chi connectivity index (χ0) is 19.7. The van der Waals surface area contributed by atoms with E-state index in [2.05, 4.69) is 34.7 Å². The number of likely N-dealkylation sites (tertiary alicyclic amines) is 1. The molecular weight excluding hydrogens is 352 g/mol. The van der Waals surface area contributed by atoms with Crippen molar-refractivity contribution in [2.45, 2.75) is 12.8 Å². The second-order valence-electron chi connectivity index (χ2n) is 7.16. The van der Waals surface area contributed by atoms with Gasteiger partial charge in [-0.3, -0.25) is 14.3 Å². The van der Waals surface area contributed by atoms with Crippen LogP contribution in [0.5, 0.6) is 0 Å². The van der Waals surface area contributed by atoms with Gasteiger partial charge in [-0.1, -0.05) is 30.3 Å². The largest absolute Gasteiger partial charge is 0.337 e.